The van der Waals surface area contributed by atoms with Crippen molar-refractivity contribution in [2.75, 3.05) is 13.6 Å². The van der Waals surface area contributed by atoms with E-state index >= 15 is 0 Å². The predicted molar refractivity (Wildman–Crippen MR) is 96.5 cm³/mol. The maximum Gasteiger partial charge on any atom is 0.0909 e. The van der Waals surface area contributed by atoms with Crippen molar-refractivity contribution in [3.63, 3.8) is 0 Å². The molecule has 5 heteroatoms. The van der Waals surface area contributed by atoms with E-state index in [1.54, 1.807) is 0 Å². The van der Waals surface area contributed by atoms with Crippen LogP contribution in [0.3, 0.4) is 0 Å². The number of aryl methyl sites for hydroxylation is 1. The van der Waals surface area contributed by atoms with Crippen molar-refractivity contribution in [1.29, 1.82) is 0 Å². The zero-order valence-corrected chi connectivity index (χ0v) is 15.3. The summed E-state index contributed by atoms with van der Waals surface area (Å²) >= 11 is 3.52. The number of rotatable bonds is 5. The third-order valence-electron chi connectivity index (χ3n) is 3.30. The van der Waals surface area contributed by atoms with Gasteiger partial charge in [0.1, 0.15) is 0 Å². The minimum absolute atomic E-state index is 0.770. The molecule has 0 amide bonds. The highest BCUT2D eigenvalue weighted by Gasteiger charge is 2.13. The molecule has 1 unspecified atom stereocenters. The molecule has 0 saturated carbocycles. The molecule has 3 nitrogen and oxygen atoms in total. The first-order chi connectivity index (χ1) is 10.5. The van der Waals surface area contributed by atoms with Crippen LogP contribution in [0.5, 0.6) is 0 Å². The first-order valence-corrected chi connectivity index (χ1v) is 8.98. The van der Waals surface area contributed by atoms with Crippen LogP contribution in [0.15, 0.2) is 61.7 Å². The van der Waals surface area contributed by atoms with Crippen LogP contribution in [0.1, 0.15) is 12.5 Å². The topological polar surface area (TPSA) is 32.7 Å². The second-order valence-electron chi connectivity index (χ2n) is 4.97. The van der Waals surface area contributed by atoms with Crippen molar-refractivity contribution in [2.24, 2.45) is 4.99 Å². The molecule has 0 heterocycles. The number of hydrogen-bond donors (Lipinski definition) is 0. The number of nitrogens with zero attached hydrogens (tertiary/aromatic N) is 2. The van der Waals surface area contributed by atoms with Gasteiger partial charge in [-0.05, 0) is 59.6 Å². The van der Waals surface area contributed by atoms with Crippen molar-refractivity contribution in [2.45, 2.75) is 23.6 Å². The standard InChI is InChI=1S/C17H19BrN2OS/c1-4-20(3)12-19-16-11-15(18)17(10-13(16)2)22(21)14-8-6-5-7-9-14/h5-12H,4H2,1-3H3. The van der Waals surface area contributed by atoms with E-state index in [4.69, 9.17) is 0 Å². The van der Waals surface area contributed by atoms with Crippen LogP contribution < -0.4 is 0 Å². The molecular formula is C17H19BrN2OS. The molecule has 2 aromatic rings. The summed E-state index contributed by atoms with van der Waals surface area (Å²) < 4.78 is 13.5. The molecule has 0 aromatic heterocycles. The Morgan fingerprint density at radius 2 is 1.95 bits per heavy atom. The Labute approximate surface area is 142 Å². The molecule has 0 aliphatic heterocycles. The van der Waals surface area contributed by atoms with Gasteiger partial charge in [-0.2, -0.15) is 0 Å². The van der Waals surface area contributed by atoms with Crippen molar-refractivity contribution >= 4 is 38.8 Å². The lowest BCUT2D eigenvalue weighted by molar-refractivity contribution is 0.552. The minimum Gasteiger partial charge on any atom is -0.366 e. The van der Waals surface area contributed by atoms with Crippen LogP contribution in [0.2, 0.25) is 0 Å². The van der Waals surface area contributed by atoms with Gasteiger partial charge in [0.15, 0.2) is 0 Å². The molecular weight excluding hydrogens is 360 g/mol. The highest BCUT2D eigenvalue weighted by Crippen LogP contribution is 2.31. The van der Waals surface area contributed by atoms with E-state index in [1.165, 1.54) is 0 Å². The lowest BCUT2D eigenvalue weighted by atomic mass is 10.2. The highest BCUT2D eigenvalue weighted by atomic mass is 79.9. The molecule has 0 fully saturated rings. The summed E-state index contributed by atoms with van der Waals surface area (Å²) in [5.41, 5.74) is 1.88. The first kappa shape index (κ1) is 16.9. The zero-order chi connectivity index (χ0) is 16.1. The van der Waals surface area contributed by atoms with Gasteiger partial charge in [0.2, 0.25) is 0 Å². The van der Waals surface area contributed by atoms with Crippen LogP contribution in [0, 0.1) is 6.92 Å². The van der Waals surface area contributed by atoms with E-state index in [1.807, 2.05) is 67.7 Å². The SMILES string of the molecule is CCN(C)C=Nc1cc(Br)c(S(=O)c2ccccc2)cc1C. The van der Waals surface area contributed by atoms with Crippen molar-refractivity contribution in [3.05, 3.63) is 52.5 Å². The van der Waals surface area contributed by atoms with Crippen LogP contribution in [-0.2, 0) is 10.8 Å². The third kappa shape index (κ3) is 4.05. The molecule has 0 spiro atoms. The largest absolute Gasteiger partial charge is 0.366 e. The van der Waals surface area contributed by atoms with E-state index in [0.717, 1.165) is 32.1 Å². The van der Waals surface area contributed by atoms with Crippen LogP contribution in [-0.4, -0.2) is 29.0 Å². The average molecular weight is 379 g/mol. The Balaban J connectivity index is 2.34. The van der Waals surface area contributed by atoms with Gasteiger partial charge in [-0.1, -0.05) is 18.2 Å². The molecule has 2 aromatic carbocycles. The molecule has 0 bridgehead atoms. The van der Waals surface area contributed by atoms with Crippen molar-refractivity contribution in [1.82, 2.24) is 4.90 Å². The second-order valence-corrected chi connectivity index (χ2v) is 7.27. The average Bonchev–Trinajstić information content (AvgIpc) is 2.55. The smallest absolute Gasteiger partial charge is 0.0909 e. The van der Waals surface area contributed by atoms with Gasteiger partial charge in [0.25, 0.3) is 0 Å². The summed E-state index contributed by atoms with van der Waals surface area (Å²) in [6.45, 7) is 4.96. The van der Waals surface area contributed by atoms with E-state index in [-0.39, 0.29) is 0 Å². The maximum atomic E-state index is 12.7. The minimum atomic E-state index is -1.20. The molecule has 0 radical (unpaired) electrons. The fraction of sp³-hybridized carbons (Fsp3) is 0.235. The summed E-state index contributed by atoms with van der Waals surface area (Å²) in [6, 6.07) is 13.3. The second kappa shape index (κ2) is 7.70. The quantitative estimate of drug-likeness (QED) is 0.565. The maximum absolute atomic E-state index is 12.7. The fourth-order valence-corrected chi connectivity index (χ4v) is 3.79. The third-order valence-corrected chi connectivity index (χ3v) is 5.66. The van der Waals surface area contributed by atoms with Gasteiger partial charge >= 0.3 is 0 Å². The summed E-state index contributed by atoms with van der Waals surface area (Å²) in [6.07, 6.45) is 1.81. The molecule has 0 aliphatic carbocycles. The number of aliphatic imine (C=N–C) groups is 1. The Bertz CT molecular complexity index is 701. The van der Waals surface area contributed by atoms with Gasteiger partial charge in [-0.3, -0.25) is 0 Å². The van der Waals surface area contributed by atoms with Gasteiger partial charge in [-0.15, -0.1) is 0 Å². The summed E-state index contributed by atoms with van der Waals surface area (Å²) in [5.74, 6) is 0. The molecule has 1 atom stereocenters. The number of halogens is 1. The zero-order valence-electron chi connectivity index (χ0n) is 12.9. The predicted octanol–water partition coefficient (Wildman–Crippen LogP) is 4.54. The monoisotopic (exact) mass is 378 g/mol. The number of hydrogen-bond acceptors (Lipinski definition) is 2. The Kier molecular flexibility index (Phi) is 5.91. The Morgan fingerprint density at radius 1 is 1.27 bits per heavy atom. The van der Waals surface area contributed by atoms with E-state index in [0.29, 0.717) is 0 Å². The van der Waals surface area contributed by atoms with Gasteiger partial charge in [0, 0.05) is 23.0 Å². The molecule has 0 N–H and O–H groups in total. The molecule has 0 aliphatic rings. The summed E-state index contributed by atoms with van der Waals surface area (Å²) in [4.78, 5) is 8.05. The van der Waals surface area contributed by atoms with E-state index < -0.39 is 10.8 Å². The van der Waals surface area contributed by atoms with E-state index in [9.17, 15) is 4.21 Å². The van der Waals surface area contributed by atoms with Crippen LogP contribution in [0.4, 0.5) is 5.69 Å². The summed E-state index contributed by atoms with van der Waals surface area (Å²) in [5, 5.41) is 0. The fourth-order valence-electron chi connectivity index (χ4n) is 1.84. The van der Waals surface area contributed by atoms with Crippen LogP contribution in [0.25, 0.3) is 0 Å². The first-order valence-electron chi connectivity index (χ1n) is 7.04. The molecule has 116 valence electrons. The van der Waals surface area contributed by atoms with Gasteiger partial charge < -0.3 is 4.90 Å². The molecule has 22 heavy (non-hydrogen) atoms. The lowest BCUT2D eigenvalue weighted by Crippen LogP contribution is -2.14. The van der Waals surface area contributed by atoms with Gasteiger partial charge in [-0.25, -0.2) is 9.20 Å². The van der Waals surface area contributed by atoms with Crippen molar-refractivity contribution < 1.29 is 4.21 Å². The summed E-state index contributed by atoms with van der Waals surface area (Å²) in [7, 11) is 0.778. The molecule has 2 rings (SSSR count). The highest BCUT2D eigenvalue weighted by molar-refractivity contribution is 9.10. The number of benzene rings is 2. The Hall–Kier alpha value is -1.46. The van der Waals surface area contributed by atoms with E-state index in [2.05, 4.69) is 27.8 Å². The Morgan fingerprint density at radius 3 is 2.59 bits per heavy atom. The van der Waals surface area contributed by atoms with Gasteiger partial charge in [0.05, 0.1) is 27.7 Å². The van der Waals surface area contributed by atoms with Crippen LogP contribution >= 0.6 is 15.9 Å². The van der Waals surface area contributed by atoms with Crippen molar-refractivity contribution in [3.8, 4) is 0 Å². The normalized spacial score (nSPS) is 12.5. The lowest BCUT2D eigenvalue weighted by Gasteiger charge is -2.11. The molecule has 0 saturated heterocycles.